The Morgan fingerprint density at radius 3 is 1.54 bits per heavy atom. The zero-order valence-corrected chi connectivity index (χ0v) is 33.5. The molecule has 11 nitrogen and oxygen atoms in total. The van der Waals surface area contributed by atoms with Crippen molar-refractivity contribution in [1.29, 1.82) is 0 Å². The molecule has 0 saturated carbocycles. The number of carbonyl (C=O) groups excluding carboxylic acids is 2. The average Bonchev–Trinajstić information content (AvgIpc) is 3.12. The number of allylic oxidation sites excluding steroid dienone is 4. The summed E-state index contributed by atoms with van der Waals surface area (Å²) in [5.41, 5.74) is 5.32. The van der Waals surface area contributed by atoms with E-state index in [2.05, 4.69) is 42.7 Å². The number of phosphoric ester groups is 1. The third-order valence-corrected chi connectivity index (χ3v) is 9.65. The third-order valence-electron chi connectivity index (χ3n) is 8.70. The molecule has 0 spiro atoms. The highest BCUT2D eigenvalue weighted by Gasteiger charge is 2.28. The van der Waals surface area contributed by atoms with Gasteiger partial charge < -0.3 is 25.2 Å². The summed E-state index contributed by atoms with van der Waals surface area (Å²) in [5.74, 6) is -2.39. The topological polar surface area (TPSA) is 172 Å². The summed E-state index contributed by atoms with van der Waals surface area (Å²) in [6, 6.07) is -1.52. The van der Waals surface area contributed by atoms with Crippen LogP contribution >= 0.6 is 7.82 Å². The number of ether oxygens (including phenoxy) is 2. The highest BCUT2D eigenvalue weighted by Crippen LogP contribution is 2.43. The first-order valence-corrected chi connectivity index (χ1v) is 21.9. The first kappa shape index (κ1) is 50.0. The average molecular weight is 760 g/mol. The molecule has 0 aromatic heterocycles. The molecule has 0 aliphatic heterocycles. The second-order valence-electron chi connectivity index (χ2n) is 13.8. The van der Waals surface area contributed by atoms with Crippen LogP contribution in [0.3, 0.4) is 0 Å². The van der Waals surface area contributed by atoms with Crippen molar-refractivity contribution in [3.63, 3.8) is 0 Å². The molecule has 0 bridgehead atoms. The number of aliphatic carboxylic acids is 1. The molecule has 0 rings (SSSR count). The number of phosphoric acid groups is 1. The van der Waals surface area contributed by atoms with Crippen LogP contribution in [0, 0.1) is 0 Å². The van der Waals surface area contributed by atoms with E-state index in [1.165, 1.54) is 77.0 Å². The molecule has 12 heteroatoms. The van der Waals surface area contributed by atoms with Crippen LogP contribution in [0.25, 0.3) is 0 Å². The Labute approximate surface area is 315 Å². The smallest absolute Gasteiger partial charge is 0.472 e. The molecule has 0 heterocycles. The number of nitrogens with two attached hydrogens (primary N) is 1. The van der Waals surface area contributed by atoms with Crippen LogP contribution in [0.5, 0.6) is 0 Å². The van der Waals surface area contributed by atoms with Crippen molar-refractivity contribution in [3.05, 3.63) is 24.3 Å². The van der Waals surface area contributed by atoms with Gasteiger partial charge in [0.2, 0.25) is 0 Å². The van der Waals surface area contributed by atoms with Crippen molar-refractivity contribution in [2.75, 3.05) is 19.8 Å². The third kappa shape index (κ3) is 35.0. The quantitative estimate of drug-likeness (QED) is 0.0237. The molecule has 0 aliphatic carbocycles. The van der Waals surface area contributed by atoms with Gasteiger partial charge in [-0.05, 0) is 44.9 Å². The molecule has 3 unspecified atom stereocenters. The summed E-state index contributed by atoms with van der Waals surface area (Å²) in [5, 5.41) is 8.87. The fourth-order valence-corrected chi connectivity index (χ4v) is 6.23. The Morgan fingerprint density at radius 1 is 0.596 bits per heavy atom. The summed E-state index contributed by atoms with van der Waals surface area (Å²) in [6.45, 7) is 2.76. The van der Waals surface area contributed by atoms with Crippen molar-refractivity contribution in [3.8, 4) is 0 Å². The Kier molecular flexibility index (Phi) is 34.6. The SMILES string of the molecule is CCCCCC=CCC=CCCCCCCCC(=O)OC(COC(=O)CCCCCCCCCCCCCCC)COP(=O)(O)OCC(N)C(=O)O. The number of hydrogen-bond donors (Lipinski definition) is 3. The fourth-order valence-electron chi connectivity index (χ4n) is 5.45. The number of carbonyl (C=O) groups is 3. The monoisotopic (exact) mass is 760 g/mol. The Bertz CT molecular complexity index is 989. The van der Waals surface area contributed by atoms with Crippen LogP contribution in [0.4, 0.5) is 0 Å². The first-order chi connectivity index (χ1) is 25.1. The number of unbranched alkanes of at least 4 members (excludes halogenated alkanes) is 20. The molecule has 304 valence electrons. The number of carboxylic acid groups (broad SMARTS) is 1. The van der Waals surface area contributed by atoms with Crippen molar-refractivity contribution >= 4 is 25.7 Å². The Hall–Kier alpha value is -2.04. The van der Waals surface area contributed by atoms with Crippen LogP contribution in [0.1, 0.15) is 181 Å². The molecule has 0 aromatic carbocycles. The molecule has 0 amide bonds. The molecular formula is C40H74NO10P. The lowest BCUT2D eigenvalue weighted by molar-refractivity contribution is -0.161. The molecule has 0 saturated heterocycles. The van der Waals surface area contributed by atoms with Crippen molar-refractivity contribution < 1.29 is 47.5 Å². The summed E-state index contributed by atoms with van der Waals surface area (Å²) < 4.78 is 32.6. The minimum absolute atomic E-state index is 0.147. The molecular weight excluding hydrogens is 685 g/mol. The Morgan fingerprint density at radius 2 is 1.02 bits per heavy atom. The largest absolute Gasteiger partial charge is 0.480 e. The van der Waals surface area contributed by atoms with E-state index in [-0.39, 0.29) is 19.4 Å². The number of rotatable bonds is 38. The van der Waals surface area contributed by atoms with Crippen LogP contribution in [0.15, 0.2) is 24.3 Å². The van der Waals surface area contributed by atoms with Gasteiger partial charge in [0.1, 0.15) is 12.6 Å². The van der Waals surface area contributed by atoms with Gasteiger partial charge >= 0.3 is 25.7 Å². The van der Waals surface area contributed by atoms with E-state index in [0.717, 1.165) is 64.2 Å². The lowest BCUT2D eigenvalue weighted by atomic mass is 10.0. The van der Waals surface area contributed by atoms with Gasteiger partial charge in [0.25, 0.3) is 0 Å². The minimum Gasteiger partial charge on any atom is -0.480 e. The van der Waals surface area contributed by atoms with Crippen molar-refractivity contribution in [2.24, 2.45) is 5.73 Å². The maximum atomic E-state index is 12.6. The molecule has 0 fully saturated rings. The highest BCUT2D eigenvalue weighted by molar-refractivity contribution is 7.47. The maximum absolute atomic E-state index is 12.6. The number of hydrogen-bond acceptors (Lipinski definition) is 9. The fraction of sp³-hybridized carbons (Fsp3) is 0.825. The van der Waals surface area contributed by atoms with E-state index in [9.17, 15) is 23.8 Å². The van der Waals surface area contributed by atoms with E-state index in [1.54, 1.807) is 0 Å². The summed E-state index contributed by atoms with van der Waals surface area (Å²) in [6.07, 6.45) is 35.2. The summed E-state index contributed by atoms with van der Waals surface area (Å²) in [7, 11) is -4.71. The predicted octanol–water partition coefficient (Wildman–Crippen LogP) is 10.3. The van der Waals surface area contributed by atoms with Gasteiger partial charge in [0, 0.05) is 12.8 Å². The van der Waals surface area contributed by atoms with Crippen LogP contribution < -0.4 is 5.73 Å². The lowest BCUT2D eigenvalue weighted by Crippen LogP contribution is -2.34. The van der Waals surface area contributed by atoms with E-state index in [0.29, 0.717) is 12.8 Å². The normalized spacial score (nSPS) is 14.1. The molecule has 0 aromatic rings. The second-order valence-corrected chi connectivity index (χ2v) is 15.2. The van der Waals surface area contributed by atoms with Crippen LogP contribution in [-0.4, -0.2) is 59.9 Å². The minimum atomic E-state index is -4.71. The van der Waals surface area contributed by atoms with Gasteiger partial charge in [-0.3, -0.25) is 23.4 Å². The van der Waals surface area contributed by atoms with Gasteiger partial charge in [-0.25, -0.2) is 4.57 Å². The summed E-state index contributed by atoms with van der Waals surface area (Å²) >= 11 is 0. The van der Waals surface area contributed by atoms with E-state index >= 15 is 0 Å². The maximum Gasteiger partial charge on any atom is 0.472 e. The molecule has 0 radical (unpaired) electrons. The molecule has 0 aliphatic rings. The second kappa shape index (κ2) is 36.0. The van der Waals surface area contributed by atoms with E-state index in [1.807, 2.05) is 0 Å². The summed E-state index contributed by atoms with van der Waals surface area (Å²) in [4.78, 5) is 45.8. The van der Waals surface area contributed by atoms with Crippen molar-refractivity contribution in [2.45, 2.75) is 193 Å². The lowest BCUT2D eigenvalue weighted by Gasteiger charge is -2.20. The van der Waals surface area contributed by atoms with Crippen LogP contribution in [-0.2, 0) is 37.5 Å². The predicted molar refractivity (Wildman–Crippen MR) is 208 cm³/mol. The Balaban J connectivity index is 4.42. The zero-order chi connectivity index (χ0) is 38.5. The first-order valence-electron chi connectivity index (χ1n) is 20.4. The van der Waals surface area contributed by atoms with E-state index in [4.69, 9.17) is 24.8 Å². The highest BCUT2D eigenvalue weighted by atomic mass is 31.2. The van der Waals surface area contributed by atoms with Gasteiger partial charge in [0.05, 0.1) is 13.2 Å². The molecule has 52 heavy (non-hydrogen) atoms. The number of esters is 2. The van der Waals surface area contributed by atoms with E-state index < -0.39 is 51.1 Å². The van der Waals surface area contributed by atoms with Gasteiger partial charge in [-0.1, -0.05) is 147 Å². The van der Waals surface area contributed by atoms with Gasteiger partial charge in [0.15, 0.2) is 6.10 Å². The molecule has 3 atom stereocenters. The zero-order valence-electron chi connectivity index (χ0n) is 32.7. The van der Waals surface area contributed by atoms with Gasteiger partial charge in [-0.2, -0.15) is 0 Å². The van der Waals surface area contributed by atoms with Crippen molar-refractivity contribution in [1.82, 2.24) is 0 Å². The molecule has 4 N–H and O–H groups in total. The van der Waals surface area contributed by atoms with Gasteiger partial charge in [-0.15, -0.1) is 0 Å². The standard InChI is InChI=1S/C40H74NO10P/c1-3-5-7-9-11-13-15-17-18-20-22-24-26-28-30-32-39(43)51-36(34-49-52(46,47)50-35-37(41)40(44)45)33-48-38(42)31-29-27-25-23-21-19-16-14-12-10-8-6-4-2/h11,13,17-18,36-37H,3-10,12,14-16,19-35,41H2,1-2H3,(H,44,45)(H,46,47). The van der Waals surface area contributed by atoms with Crippen LogP contribution in [0.2, 0.25) is 0 Å². The number of carboxylic acids is 1.